The molecule has 0 aliphatic rings. The third-order valence-electron chi connectivity index (χ3n) is 3.02. The summed E-state index contributed by atoms with van der Waals surface area (Å²) in [5.41, 5.74) is 11.6. The molecule has 0 unspecified atom stereocenters. The van der Waals surface area contributed by atoms with Crippen molar-refractivity contribution in [3.63, 3.8) is 0 Å². The van der Waals surface area contributed by atoms with E-state index in [0.29, 0.717) is 22.9 Å². The summed E-state index contributed by atoms with van der Waals surface area (Å²) >= 11 is 0. The van der Waals surface area contributed by atoms with Crippen molar-refractivity contribution >= 4 is 23.4 Å². The predicted octanol–water partition coefficient (Wildman–Crippen LogP) is 2.43. The maximum absolute atomic E-state index is 11.6. The van der Waals surface area contributed by atoms with Gasteiger partial charge in [-0.15, -0.1) is 0 Å². The minimum absolute atomic E-state index is 0.470. The van der Waals surface area contributed by atoms with Crippen LogP contribution in [0.3, 0.4) is 0 Å². The van der Waals surface area contributed by atoms with Gasteiger partial charge in [0.15, 0.2) is 0 Å². The average molecular weight is 304 g/mol. The number of carbonyl (C=O) groups is 2. The number of hydrogen-bond donors (Lipinski definition) is 2. The summed E-state index contributed by atoms with van der Waals surface area (Å²) in [5, 5.41) is 0. The lowest BCUT2D eigenvalue weighted by Gasteiger charge is -2.18. The lowest BCUT2D eigenvalue weighted by molar-refractivity contribution is 0.254. The number of urea groups is 2. The van der Waals surface area contributed by atoms with Crippen molar-refractivity contribution in [2.75, 3.05) is 9.80 Å². The smallest absolute Gasteiger partial charge is 0.323 e. The number of hydrogen-bond acceptors (Lipinski definition) is 4. The molecule has 0 radical (unpaired) electrons. The first kappa shape index (κ1) is 15.2. The van der Waals surface area contributed by atoms with Crippen LogP contribution in [-0.4, -0.2) is 12.1 Å². The van der Waals surface area contributed by atoms with E-state index in [1.807, 2.05) is 0 Å². The van der Waals surface area contributed by atoms with Crippen molar-refractivity contribution < 1.29 is 18.4 Å². The van der Waals surface area contributed by atoms with Crippen LogP contribution in [0.5, 0.6) is 0 Å². The van der Waals surface area contributed by atoms with Gasteiger partial charge in [0, 0.05) is 24.5 Å². The Morgan fingerprint density at radius 1 is 0.909 bits per heavy atom. The molecule has 0 saturated carbocycles. The normalized spacial score (nSPS) is 10.8. The van der Waals surface area contributed by atoms with Gasteiger partial charge in [-0.3, -0.25) is 9.80 Å². The highest BCUT2D eigenvalue weighted by Gasteiger charge is 2.17. The molecule has 0 bridgehead atoms. The van der Waals surface area contributed by atoms with Crippen molar-refractivity contribution in [2.45, 2.75) is 13.8 Å². The van der Waals surface area contributed by atoms with Gasteiger partial charge in [0.1, 0.15) is 11.5 Å². The number of carbonyl (C=O) groups excluding carboxylic acids is 2. The SMILES string of the molecule is Cc1occc1N(/C=C/N(C(N)=O)c1ccoc1C)C(N)=O. The monoisotopic (exact) mass is 304 g/mol. The van der Waals surface area contributed by atoms with Gasteiger partial charge in [0.05, 0.1) is 23.9 Å². The molecule has 4 N–H and O–H groups in total. The second-order valence-corrected chi connectivity index (χ2v) is 4.44. The van der Waals surface area contributed by atoms with E-state index in [4.69, 9.17) is 20.3 Å². The summed E-state index contributed by atoms with van der Waals surface area (Å²) in [6.45, 7) is 3.37. The third-order valence-corrected chi connectivity index (χ3v) is 3.02. The second kappa shape index (κ2) is 6.08. The molecular formula is C14H16N4O4. The molecule has 0 aromatic carbocycles. The minimum Gasteiger partial charge on any atom is -0.467 e. The van der Waals surface area contributed by atoms with Gasteiger partial charge in [-0.05, 0) is 13.8 Å². The minimum atomic E-state index is -0.728. The van der Waals surface area contributed by atoms with Gasteiger partial charge in [-0.25, -0.2) is 9.59 Å². The third kappa shape index (κ3) is 2.95. The zero-order chi connectivity index (χ0) is 16.3. The summed E-state index contributed by atoms with van der Waals surface area (Å²) in [6, 6.07) is 1.72. The molecule has 8 nitrogen and oxygen atoms in total. The molecule has 2 heterocycles. The topological polar surface area (TPSA) is 119 Å². The predicted molar refractivity (Wildman–Crippen MR) is 80.2 cm³/mol. The summed E-state index contributed by atoms with van der Waals surface area (Å²) in [4.78, 5) is 25.5. The standard InChI is InChI=1S/C14H16N4O4/c1-9-11(3-7-21-9)17(13(15)19)5-6-18(14(16)20)12-4-8-22-10(12)2/h3-8H,1-2H3,(H2,15,19)(H2,16,20)/b6-5+. The molecule has 8 heteroatoms. The zero-order valence-electron chi connectivity index (χ0n) is 12.1. The van der Waals surface area contributed by atoms with Gasteiger partial charge < -0.3 is 20.3 Å². The average Bonchev–Trinajstić information content (AvgIpc) is 3.03. The maximum Gasteiger partial charge on any atom is 0.323 e. The summed E-state index contributed by atoms with van der Waals surface area (Å²) < 4.78 is 10.3. The largest absolute Gasteiger partial charge is 0.467 e. The maximum atomic E-state index is 11.6. The molecular weight excluding hydrogens is 288 g/mol. The molecule has 2 aromatic heterocycles. The number of amides is 4. The van der Waals surface area contributed by atoms with Gasteiger partial charge >= 0.3 is 12.1 Å². The Bertz CT molecular complexity index is 656. The summed E-state index contributed by atoms with van der Waals surface area (Å²) in [5.74, 6) is 1.02. The Labute approximate surface area is 126 Å². The highest BCUT2D eigenvalue weighted by atomic mass is 16.3. The second-order valence-electron chi connectivity index (χ2n) is 4.44. The van der Waals surface area contributed by atoms with Crippen LogP contribution >= 0.6 is 0 Å². The fraction of sp³-hybridized carbons (Fsp3) is 0.143. The van der Waals surface area contributed by atoms with Crippen molar-refractivity contribution in [3.05, 3.63) is 48.6 Å². The molecule has 0 fully saturated rings. The molecule has 116 valence electrons. The quantitative estimate of drug-likeness (QED) is 0.901. The van der Waals surface area contributed by atoms with E-state index in [0.717, 1.165) is 9.80 Å². The Morgan fingerprint density at radius 3 is 1.50 bits per heavy atom. The first-order valence-corrected chi connectivity index (χ1v) is 6.35. The van der Waals surface area contributed by atoms with E-state index in [1.54, 1.807) is 26.0 Å². The molecule has 4 amide bonds. The van der Waals surface area contributed by atoms with Crippen LogP contribution < -0.4 is 21.3 Å². The Morgan fingerprint density at radius 2 is 1.27 bits per heavy atom. The molecule has 22 heavy (non-hydrogen) atoms. The van der Waals surface area contributed by atoms with Crippen molar-refractivity contribution in [1.82, 2.24) is 0 Å². The summed E-state index contributed by atoms with van der Waals surface area (Å²) in [7, 11) is 0. The van der Waals surface area contributed by atoms with Crippen LogP contribution in [0.4, 0.5) is 21.0 Å². The van der Waals surface area contributed by atoms with Crippen LogP contribution in [0.15, 0.2) is 45.9 Å². The fourth-order valence-corrected chi connectivity index (χ4v) is 1.93. The number of nitrogens with two attached hydrogens (primary N) is 2. The van der Waals surface area contributed by atoms with Crippen molar-refractivity contribution in [3.8, 4) is 0 Å². The zero-order valence-corrected chi connectivity index (χ0v) is 12.1. The van der Waals surface area contributed by atoms with E-state index >= 15 is 0 Å². The Hall–Kier alpha value is -3.16. The van der Waals surface area contributed by atoms with Crippen LogP contribution in [0.25, 0.3) is 0 Å². The molecule has 0 aliphatic heterocycles. The molecule has 0 spiro atoms. The molecule has 2 aromatic rings. The highest BCUT2D eigenvalue weighted by Crippen LogP contribution is 2.23. The van der Waals surface area contributed by atoms with Crippen LogP contribution in [0.1, 0.15) is 11.5 Å². The van der Waals surface area contributed by atoms with Gasteiger partial charge in [-0.1, -0.05) is 0 Å². The first-order valence-electron chi connectivity index (χ1n) is 6.35. The highest BCUT2D eigenvalue weighted by molar-refractivity contribution is 5.95. The van der Waals surface area contributed by atoms with E-state index < -0.39 is 12.1 Å². The lowest BCUT2D eigenvalue weighted by atomic mass is 10.3. The molecule has 0 atom stereocenters. The number of aryl methyl sites for hydroxylation is 2. The fourth-order valence-electron chi connectivity index (χ4n) is 1.93. The van der Waals surface area contributed by atoms with Gasteiger partial charge in [0.25, 0.3) is 0 Å². The Kier molecular flexibility index (Phi) is 4.21. The number of rotatable bonds is 4. The number of primary amides is 2. The first-order chi connectivity index (χ1) is 10.4. The van der Waals surface area contributed by atoms with Crippen molar-refractivity contribution in [1.29, 1.82) is 0 Å². The van der Waals surface area contributed by atoms with E-state index in [9.17, 15) is 9.59 Å². The van der Waals surface area contributed by atoms with Crippen LogP contribution in [-0.2, 0) is 0 Å². The van der Waals surface area contributed by atoms with E-state index in [1.165, 1.54) is 24.9 Å². The molecule has 2 rings (SSSR count). The summed E-state index contributed by atoms with van der Waals surface area (Å²) in [6.07, 6.45) is 5.52. The van der Waals surface area contributed by atoms with Crippen LogP contribution in [0, 0.1) is 13.8 Å². The van der Waals surface area contributed by atoms with Crippen molar-refractivity contribution in [2.24, 2.45) is 11.5 Å². The number of anilines is 2. The van der Waals surface area contributed by atoms with E-state index in [2.05, 4.69) is 0 Å². The Balaban J connectivity index is 2.33. The van der Waals surface area contributed by atoms with E-state index in [-0.39, 0.29) is 0 Å². The molecule has 0 saturated heterocycles. The van der Waals surface area contributed by atoms with Gasteiger partial charge in [0.2, 0.25) is 0 Å². The van der Waals surface area contributed by atoms with Gasteiger partial charge in [-0.2, -0.15) is 0 Å². The number of nitrogens with zero attached hydrogens (tertiary/aromatic N) is 2. The molecule has 0 aliphatic carbocycles. The number of furan rings is 2. The van der Waals surface area contributed by atoms with Crippen LogP contribution in [0.2, 0.25) is 0 Å². The lowest BCUT2D eigenvalue weighted by Crippen LogP contribution is -2.34.